The Morgan fingerprint density at radius 2 is 1.59 bits per heavy atom. The minimum absolute atomic E-state index is 0.00880. The third-order valence-electron chi connectivity index (χ3n) is 7.82. The van der Waals surface area contributed by atoms with E-state index in [0.29, 0.717) is 23.2 Å². The lowest BCUT2D eigenvalue weighted by Gasteiger charge is -2.19. The Kier molecular flexibility index (Phi) is 4.79. The fraction of sp³-hybridized carbons (Fsp3) is 0.385. The molecule has 7 nitrogen and oxygen atoms in total. The molecule has 2 aromatic carbocycles. The summed E-state index contributed by atoms with van der Waals surface area (Å²) >= 11 is 0. The zero-order valence-electron chi connectivity index (χ0n) is 18.4. The Morgan fingerprint density at radius 1 is 0.912 bits per heavy atom. The molecule has 0 N–H and O–H groups in total. The predicted molar refractivity (Wildman–Crippen MR) is 119 cm³/mol. The van der Waals surface area contributed by atoms with Crippen molar-refractivity contribution >= 4 is 35.1 Å². The molecule has 2 saturated heterocycles. The molecule has 0 aromatic heterocycles. The highest BCUT2D eigenvalue weighted by Gasteiger charge is 2.61. The molecule has 174 valence electrons. The van der Waals surface area contributed by atoms with Gasteiger partial charge in [-0.05, 0) is 67.5 Å². The van der Waals surface area contributed by atoms with Crippen molar-refractivity contribution in [1.29, 1.82) is 0 Å². The van der Waals surface area contributed by atoms with Crippen LogP contribution in [-0.2, 0) is 19.2 Å². The summed E-state index contributed by atoms with van der Waals surface area (Å²) in [5, 5.41) is 0. The topological polar surface area (TPSA) is 84.0 Å². The Morgan fingerprint density at radius 3 is 2.26 bits per heavy atom. The molecule has 2 aromatic rings. The zero-order valence-corrected chi connectivity index (χ0v) is 18.4. The van der Waals surface area contributed by atoms with E-state index in [1.165, 1.54) is 40.1 Å². The molecule has 2 heterocycles. The standard InChI is InChI=1S/C26H23FN2O5/c27-17-6-8-18(9-7-17)28-13-16(11-21(28)30)26(33)34-20-3-1-2-19(12-20)29-24(31)22-14-4-5-15(10-14)23(22)25(29)32/h1-3,6-9,12,14-16,22-23H,4-5,10-11,13H2/t14-,15-,16-,22+,23+/m0/s1. The van der Waals surface area contributed by atoms with E-state index in [1.807, 2.05) is 0 Å². The average Bonchev–Trinajstić information content (AvgIpc) is 3.58. The van der Waals surface area contributed by atoms with Gasteiger partial charge in [0, 0.05) is 24.7 Å². The van der Waals surface area contributed by atoms with Crippen molar-refractivity contribution in [1.82, 2.24) is 0 Å². The number of imide groups is 1. The molecule has 5 atom stereocenters. The average molecular weight is 462 g/mol. The van der Waals surface area contributed by atoms with Crippen LogP contribution in [-0.4, -0.2) is 30.2 Å². The third kappa shape index (κ3) is 3.23. The van der Waals surface area contributed by atoms with Crippen LogP contribution < -0.4 is 14.5 Å². The van der Waals surface area contributed by atoms with Gasteiger partial charge in [0.1, 0.15) is 11.6 Å². The quantitative estimate of drug-likeness (QED) is 0.396. The maximum atomic E-state index is 13.2. The second-order valence-electron chi connectivity index (χ2n) is 9.70. The number of ether oxygens (including phenoxy) is 1. The van der Waals surface area contributed by atoms with Crippen LogP contribution in [0.15, 0.2) is 48.5 Å². The van der Waals surface area contributed by atoms with E-state index in [0.717, 1.165) is 19.3 Å². The Labute approximate surface area is 195 Å². The van der Waals surface area contributed by atoms with Crippen molar-refractivity contribution in [3.05, 3.63) is 54.3 Å². The summed E-state index contributed by atoms with van der Waals surface area (Å²) in [6.07, 6.45) is 2.97. The summed E-state index contributed by atoms with van der Waals surface area (Å²) in [5.41, 5.74) is 0.929. The van der Waals surface area contributed by atoms with Crippen LogP contribution in [0.1, 0.15) is 25.7 Å². The second kappa shape index (κ2) is 7.75. The largest absolute Gasteiger partial charge is 0.426 e. The van der Waals surface area contributed by atoms with Crippen LogP contribution >= 0.6 is 0 Å². The van der Waals surface area contributed by atoms with E-state index >= 15 is 0 Å². The first-order valence-corrected chi connectivity index (χ1v) is 11.7. The molecule has 0 unspecified atom stereocenters. The monoisotopic (exact) mass is 462 g/mol. The van der Waals surface area contributed by atoms with Crippen LogP contribution in [0.3, 0.4) is 0 Å². The summed E-state index contributed by atoms with van der Waals surface area (Å²) in [6, 6.07) is 12.0. The van der Waals surface area contributed by atoms with Crippen molar-refractivity contribution in [3.8, 4) is 5.75 Å². The van der Waals surface area contributed by atoms with Crippen LogP contribution in [0.25, 0.3) is 0 Å². The molecule has 3 amide bonds. The van der Waals surface area contributed by atoms with Crippen LogP contribution in [0.4, 0.5) is 15.8 Å². The van der Waals surface area contributed by atoms with Gasteiger partial charge in [-0.2, -0.15) is 0 Å². The number of carbonyl (C=O) groups excluding carboxylic acids is 4. The second-order valence-corrected chi connectivity index (χ2v) is 9.70. The normalized spacial score (nSPS) is 29.8. The van der Waals surface area contributed by atoms with E-state index in [9.17, 15) is 23.6 Å². The number of anilines is 2. The minimum Gasteiger partial charge on any atom is -0.426 e. The Hall–Kier alpha value is -3.55. The first-order valence-electron chi connectivity index (χ1n) is 11.7. The van der Waals surface area contributed by atoms with Crippen molar-refractivity contribution in [2.75, 3.05) is 16.3 Å². The maximum absolute atomic E-state index is 13.2. The smallest absolute Gasteiger partial charge is 0.316 e. The van der Waals surface area contributed by atoms with Gasteiger partial charge in [0.2, 0.25) is 17.7 Å². The van der Waals surface area contributed by atoms with Gasteiger partial charge in [-0.3, -0.25) is 19.2 Å². The van der Waals surface area contributed by atoms with E-state index in [1.54, 1.807) is 18.2 Å². The number of amides is 3. The lowest BCUT2D eigenvalue weighted by Crippen LogP contribution is -2.32. The lowest BCUT2D eigenvalue weighted by atomic mass is 9.81. The number of benzene rings is 2. The third-order valence-corrected chi connectivity index (χ3v) is 7.82. The van der Waals surface area contributed by atoms with Crippen molar-refractivity contribution in [2.24, 2.45) is 29.6 Å². The SMILES string of the molecule is O=C(Oc1cccc(N2C(=O)[C@@H]3[C@H]4CC[C@@H](C4)[C@H]3C2=O)c1)[C@H]1CC(=O)N(c2ccc(F)cc2)C1. The number of hydrogen-bond donors (Lipinski definition) is 0. The molecule has 0 radical (unpaired) electrons. The van der Waals surface area contributed by atoms with Gasteiger partial charge in [0.25, 0.3) is 0 Å². The molecule has 0 spiro atoms. The molecular formula is C26H23FN2O5. The molecule has 4 aliphatic rings. The van der Waals surface area contributed by atoms with Gasteiger partial charge in [0.15, 0.2) is 0 Å². The molecule has 4 fully saturated rings. The van der Waals surface area contributed by atoms with Crippen LogP contribution in [0.2, 0.25) is 0 Å². The number of esters is 1. The molecule has 2 saturated carbocycles. The van der Waals surface area contributed by atoms with E-state index in [2.05, 4.69) is 0 Å². The number of fused-ring (bicyclic) bond motifs is 5. The fourth-order valence-corrected chi connectivity index (χ4v) is 6.28. The summed E-state index contributed by atoms with van der Waals surface area (Å²) in [5.74, 6) is -1.83. The van der Waals surface area contributed by atoms with Crippen molar-refractivity contribution in [2.45, 2.75) is 25.7 Å². The van der Waals surface area contributed by atoms with Gasteiger partial charge < -0.3 is 9.64 Å². The zero-order chi connectivity index (χ0) is 23.6. The van der Waals surface area contributed by atoms with Gasteiger partial charge in [0.05, 0.1) is 23.4 Å². The number of halogens is 1. The van der Waals surface area contributed by atoms with Crippen molar-refractivity contribution < 1.29 is 28.3 Å². The van der Waals surface area contributed by atoms with Gasteiger partial charge >= 0.3 is 5.97 Å². The molecule has 34 heavy (non-hydrogen) atoms. The molecule has 2 aliphatic carbocycles. The summed E-state index contributed by atoms with van der Waals surface area (Å²) < 4.78 is 18.7. The molecule has 2 aliphatic heterocycles. The molecule has 8 heteroatoms. The van der Waals surface area contributed by atoms with E-state index in [-0.39, 0.29) is 48.3 Å². The van der Waals surface area contributed by atoms with Gasteiger partial charge in [-0.25, -0.2) is 9.29 Å². The van der Waals surface area contributed by atoms with Crippen molar-refractivity contribution in [3.63, 3.8) is 0 Å². The van der Waals surface area contributed by atoms with E-state index in [4.69, 9.17) is 4.74 Å². The summed E-state index contributed by atoms with van der Waals surface area (Å²) in [6.45, 7) is 0.137. The highest BCUT2D eigenvalue weighted by atomic mass is 19.1. The van der Waals surface area contributed by atoms with E-state index < -0.39 is 17.7 Å². The number of carbonyl (C=O) groups is 4. The van der Waals surface area contributed by atoms with Gasteiger partial charge in [-0.1, -0.05) is 6.07 Å². The fourth-order valence-electron chi connectivity index (χ4n) is 6.28. The first-order chi connectivity index (χ1) is 16.4. The van der Waals surface area contributed by atoms with Crippen LogP contribution in [0, 0.1) is 35.4 Å². The highest BCUT2D eigenvalue weighted by molar-refractivity contribution is 6.22. The summed E-state index contributed by atoms with van der Waals surface area (Å²) in [4.78, 5) is 54.1. The highest BCUT2D eigenvalue weighted by Crippen LogP contribution is 2.56. The Balaban J connectivity index is 1.16. The summed E-state index contributed by atoms with van der Waals surface area (Å²) in [7, 11) is 0. The Bertz CT molecular complexity index is 1180. The number of nitrogens with zero attached hydrogens (tertiary/aromatic N) is 2. The first kappa shape index (κ1) is 21.0. The van der Waals surface area contributed by atoms with Gasteiger partial charge in [-0.15, -0.1) is 0 Å². The minimum atomic E-state index is -0.675. The lowest BCUT2D eigenvalue weighted by molar-refractivity contribution is -0.139. The van der Waals surface area contributed by atoms with Crippen LogP contribution in [0.5, 0.6) is 5.75 Å². The number of rotatable bonds is 4. The molecular weight excluding hydrogens is 439 g/mol. The number of hydrogen-bond acceptors (Lipinski definition) is 5. The molecule has 2 bridgehead atoms. The molecule has 6 rings (SSSR count). The predicted octanol–water partition coefficient (Wildman–Crippen LogP) is 3.32. The maximum Gasteiger partial charge on any atom is 0.316 e.